The number of imide groups is 1. The molecule has 3 aromatic carbocycles. The van der Waals surface area contributed by atoms with Gasteiger partial charge in [-0.1, -0.05) is 74.3 Å². The van der Waals surface area contributed by atoms with E-state index in [4.69, 9.17) is 0 Å². The maximum Gasteiger partial charge on any atom is 0.339 e. The van der Waals surface area contributed by atoms with Crippen molar-refractivity contribution in [2.45, 2.75) is 5.72 Å². The lowest BCUT2D eigenvalue weighted by atomic mass is 10.0. The number of urea groups is 1. The summed E-state index contributed by atoms with van der Waals surface area (Å²) in [4.78, 5) is 28.9. The van der Waals surface area contributed by atoms with Crippen molar-refractivity contribution in [1.29, 1.82) is 0 Å². The van der Waals surface area contributed by atoms with E-state index in [2.05, 4.69) is 31.9 Å². The highest BCUT2D eigenvalue weighted by molar-refractivity contribution is 9.10. The number of anilines is 2. The van der Waals surface area contributed by atoms with Crippen molar-refractivity contribution in [2.75, 3.05) is 9.80 Å². The zero-order valence-corrected chi connectivity index (χ0v) is 17.6. The monoisotopic (exact) mass is 500 g/mol. The summed E-state index contributed by atoms with van der Waals surface area (Å²) in [6.45, 7) is 0. The van der Waals surface area contributed by atoms with Gasteiger partial charge in [0.05, 0.1) is 11.4 Å². The Morgan fingerprint density at radius 2 is 1.32 bits per heavy atom. The third-order valence-corrected chi connectivity index (χ3v) is 5.50. The molecule has 0 aromatic heterocycles. The van der Waals surface area contributed by atoms with E-state index in [1.54, 1.807) is 78.9 Å². The van der Waals surface area contributed by atoms with Gasteiger partial charge in [0, 0.05) is 14.5 Å². The standard InChI is InChI=1S/C21H14Br2N2O3/c22-15-8-4-10-17(12-15)24-19(26)21(28,14-6-2-1-3-7-14)25(20(24)27)18-11-5-9-16(23)13-18/h1-13,28H. The molecule has 1 N–H and O–H groups in total. The lowest BCUT2D eigenvalue weighted by Crippen LogP contribution is -2.47. The number of halogens is 2. The normalized spacial score (nSPS) is 19.4. The zero-order chi connectivity index (χ0) is 19.9. The fourth-order valence-electron chi connectivity index (χ4n) is 3.26. The third kappa shape index (κ3) is 2.96. The van der Waals surface area contributed by atoms with Gasteiger partial charge in [0.2, 0.25) is 0 Å². The van der Waals surface area contributed by atoms with Gasteiger partial charge in [-0.3, -0.25) is 9.69 Å². The number of rotatable bonds is 3. The van der Waals surface area contributed by atoms with Crippen LogP contribution in [-0.4, -0.2) is 17.0 Å². The Hall–Kier alpha value is -2.48. The highest BCUT2D eigenvalue weighted by Crippen LogP contribution is 2.41. The van der Waals surface area contributed by atoms with Crippen LogP contribution in [0.1, 0.15) is 5.56 Å². The molecule has 0 aliphatic carbocycles. The minimum atomic E-state index is -2.17. The molecule has 1 unspecified atom stereocenters. The van der Waals surface area contributed by atoms with Gasteiger partial charge in [0.15, 0.2) is 0 Å². The van der Waals surface area contributed by atoms with Gasteiger partial charge in [-0.25, -0.2) is 9.69 Å². The molecule has 5 nitrogen and oxygen atoms in total. The summed E-state index contributed by atoms with van der Waals surface area (Å²) in [6.07, 6.45) is 0. The Balaban J connectivity index is 1.93. The Labute approximate surface area is 178 Å². The summed E-state index contributed by atoms with van der Waals surface area (Å²) in [7, 11) is 0. The first-order chi connectivity index (χ1) is 13.4. The lowest BCUT2D eigenvalue weighted by molar-refractivity contribution is -0.133. The van der Waals surface area contributed by atoms with Crippen molar-refractivity contribution in [2.24, 2.45) is 0 Å². The smallest absolute Gasteiger partial charge is 0.339 e. The van der Waals surface area contributed by atoms with Crippen LogP contribution in [0.25, 0.3) is 0 Å². The molecular weight excluding hydrogens is 488 g/mol. The van der Waals surface area contributed by atoms with E-state index in [1.165, 1.54) is 0 Å². The van der Waals surface area contributed by atoms with Crippen molar-refractivity contribution < 1.29 is 14.7 Å². The Bertz CT molecular complexity index is 1070. The van der Waals surface area contributed by atoms with E-state index in [1.807, 2.05) is 0 Å². The van der Waals surface area contributed by atoms with Crippen molar-refractivity contribution in [3.63, 3.8) is 0 Å². The fourth-order valence-corrected chi connectivity index (χ4v) is 4.03. The first kappa shape index (κ1) is 18.9. The van der Waals surface area contributed by atoms with Crippen LogP contribution in [0.2, 0.25) is 0 Å². The van der Waals surface area contributed by atoms with Gasteiger partial charge in [0.1, 0.15) is 0 Å². The second-order valence-corrected chi connectivity index (χ2v) is 8.09. The molecule has 3 aromatic rings. The Kier molecular flexibility index (Phi) is 4.82. The average Bonchev–Trinajstić information content (AvgIpc) is 2.89. The molecule has 1 saturated heterocycles. The van der Waals surface area contributed by atoms with Crippen LogP contribution in [0.4, 0.5) is 16.2 Å². The highest BCUT2D eigenvalue weighted by atomic mass is 79.9. The molecule has 3 amide bonds. The summed E-state index contributed by atoms with van der Waals surface area (Å²) < 4.78 is 1.44. The fraction of sp³-hybridized carbons (Fsp3) is 0.0476. The van der Waals surface area contributed by atoms with Crippen LogP contribution in [0.5, 0.6) is 0 Å². The number of hydrogen-bond donors (Lipinski definition) is 1. The predicted octanol–water partition coefficient (Wildman–Crippen LogP) is 5.03. The average molecular weight is 502 g/mol. The second-order valence-electron chi connectivity index (χ2n) is 6.26. The number of amides is 3. The van der Waals surface area contributed by atoms with Gasteiger partial charge in [-0.05, 0) is 36.4 Å². The molecule has 7 heteroatoms. The molecule has 1 fully saturated rings. The Morgan fingerprint density at radius 1 is 0.750 bits per heavy atom. The van der Waals surface area contributed by atoms with Crippen LogP contribution in [0.3, 0.4) is 0 Å². The third-order valence-electron chi connectivity index (χ3n) is 4.52. The minimum absolute atomic E-state index is 0.311. The summed E-state index contributed by atoms with van der Waals surface area (Å²) in [5.41, 5.74) is -1.08. The number of aliphatic hydroxyl groups is 1. The molecular formula is C21H14Br2N2O3. The van der Waals surface area contributed by atoms with Crippen molar-refractivity contribution in [1.82, 2.24) is 0 Å². The van der Waals surface area contributed by atoms with E-state index in [0.717, 1.165) is 18.7 Å². The van der Waals surface area contributed by atoms with Gasteiger partial charge in [-0.15, -0.1) is 0 Å². The number of carbonyl (C=O) groups excluding carboxylic acids is 2. The molecule has 0 saturated carbocycles. The van der Waals surface area contributed by atoms with Crippen LogP contribution in [-0.2, 0) is 10.5 Å². The molecule has 28 heavy (non-hydrogen) atoms. The SMILES string of the molecule is O=C1N(c2cccc(Br)c2)C(=O)C(O)(c2ccccc2)N1c1cccc(Br)c1. The van der Waals surface area contributed by atoms with Gasteiger partial charge in [0.25, 0.3) is 11.6 Å². The molecule has 1 atom stereocenters. The van der Waals surface area contributed by atoms with E-state index in [0.29, 0.717) is 16.9 Å². The molecule has 1 aliphatic heterocycles. The lowest BCUT2D eigenvalue weighted by Gasteiger charge is -2.30. The Morgan fingerprint density at radius 3 is 1.93 bits per heavy atom. The molecule has 4 rings (SSSR count). The van der Waals surface area contributed by atoms with E-state index in [9.17, 15) is 14.7 Å². The molecule has 1 aliphatic rings. The summed E-state index contributed by atoms with van der Waals surface area (Å²) in [5, 5.41) is 11.6. The van der Waals surface area contributed by atoms with E-state index < -0.39 is 17.7 Å². The van der Waals surface area contributed by atoms with Crippen molar-refractivity contribution >= 4 is 55.2 Å². The number of benzene rings is 3. The summed E-state index contributed by atoms with van der Waals surface area (Å²) in [6, 6.07) is 21.6. The topological polar surface area (TPSA) is 60.9 Å². The molecule has 1 heterocycles. The molecule has 0 spiro atoms. The highest BCUT2D eigenvalue weighted by Gasteiger charge is 2.59. The zero-order valence-electron chi connectivity index (χ0n) is 14.4. The van der Waals surface area contributed by atoms with Gasteiger partial charge >= 0.3 is 6.03 Å². The number of nitrogens with zero attached hydrogens (tertiary/aromatic N) is 2. The van der Waals surface area contributed by atoms with Crippen LogP contribution in [0.15, 0.2) is 87.8 Å². The van der Waals surface area contributed by atoms with Crippen molar-refractivity contribution in [3.05, 3.63) is 93.4 Å². The van der Waals surface area contributed by atoms with Crippen LogP contribution >= 0.6 is 31.9 Å². The summed E-state index contributed by atoms with van der Waals surface area (Å²) >= 11 is 6.74. The predicted molar refractivity (Wildman–Crippen MR) is 114 cm³/mol. The maximum absolute atomic E-state index is 13.4. The second kappa shape index (κ2) is 7.16. The van der Waals surface area contributed by atoms with Crippen LogP contribution < -0.4 is 9.80 Å². The van der Waals surface area contributed by atoms with Crippen LogP contribution in [0, 0.1) is 0 Å². The van der Waals surface area contributed by atoms with E-state index in [-0.39, 0.29) is 0 Å². The molecule has 0 bridgehead atoms. The largest absolute Gasteiger partial charge is 0.359 e. The van der Waals surface area contributed by atoms with Crippen molar-refractivity contribution in [3.8, 4) is 0 Å². The quantitative estimate of drug-likeness (QED) is 0.512. The first-order valence-corrected chi connectivity index (χ1v) is 9.99. The van der Waals surface area contributed by atoms with Gasteiger partial charge in [-0.2, -0.15) is 0 Å². The van der Waals surface area contributed by atoms with E-state index >= 15 is 0 Å². The first-order valence-electron chi connectivity index (χ1n) is 8.40. The molecule has 0 radical (unpaired) electrons. The maximum atomic E-state index is 13.4. The van der Waals surface area contributed by atoms with Gasteiger partial charge < -0.3 is 5.11 Å². The minimum Gasteiger partial charge on any atom is -0.359 e. The number of carbonyl (C=O) groups is 2. The summed E-state index contributed by atoms with van der Waals surface area (Å²) in [5.74, 6) is -0.734. The molecule has 140 valence electrons. The number of hydrogen-bond acceptors (Lipinski definition) is 3.